The first-order valence-corrected chi connectivity index (χ1v) is 12.0. The number of thioether (sulfide) groups is 1. The molecule has 12 heteroatoms. The molecule has 1 amide bonds. The average molecular weight is 460 g/mol. The minimum atomic E-state index is -3.61. The van der Waals surface area contributed by atoms with Crippen LogP contribution in [0, 0.1) is 0 Å². The normalized spacial score (nSPS) is 15.0. The third kappa shape index (κ3) is 5.03. The Balaban J connectivity index is 1.70. The van der Waals surface area contributed by atoms with Crippen LogP contribution in [0.25, 0.3) is 0 Å². The van der Waals surface area contributed by atoms with E-state index in [1.807, 2.05) is 6.92 Å². The molecule has 0 radical (unpaired) electrons. The molecule has 0 atom stereocenters. The zero-order valence-corrected chi connectivity index (χ0v) is 18.2. The maximum absolute atomic E-state index is 12.7. The van der Waals surface area contributed by atoms with E-state index < -0.39 is 10.0 Å². The van der Waals surface area contributed by atoms with E-state index in [2.05, 4.69) is 15.5 Å². The number of anilines is 1. The van der Waals surface area contributed by atoms with E-state index in [9.17, 15) is 18.0 Å². The maximum atomic E-state index is 12.7. The lowest BCUT2D eigenvalue weighted by atomic mass is 10.3. The number of carbonyl (C=O) groups is 1. The molecule has 158 valence electrons. The number of hydrogen-bond donors (Lipinski definition) is 2. The molecule has 9 nitrogen and oxygen atoms in total. The van der Waals surface area contributed by atoms with Crippen LogP contribution in [0.5, 0.6) is 0 Å². The number of aromatic amines is 1. The monoisotopic (exact) mass is 459 g/mol. The van der Waals surface area contributed by atoms with Crippen LogP contribution in [0.1, 0.15) is 26.2 Å². The molecular weight excluding hydrogens is 438 g/mol. The lowest BCUT2D eigenvalue weighted by Gasteiger charge is -2.16. The predicted molar refractivity (Wildman–Crippen MR) is 112 cm³/mol. The minimum Gasteiger partial charge on any atom is -0.324 e. The van der Waals surface area contributed by atoms with Crippen LogP contribution in [0.2, 0.25) is 5.02 Å². The summed E-state index contributed by atoms with van der Waals surface area (Å²) in [6.45, 7) is 3.42. The SMILES string of the molecule is CCCn1c(SCC(=O)Nc2cc(S(=O)(=O)N3CCCC3)ccc2Cl)n[nH]c1=O. The average Bonchev–Trinajstić information content (AvgIpc) is 3.34. The van der Waals surface area contributed by atoms with Crippen molar-refractivity contribution in [2.24, 2.45) is 0 Å². The molecule has 3 rings (SSSR count). The van der Waals surface area contributed by atoms with Gasteiger partial charge in [-0.2, -0.15) is 4.31 Å². The van der Waals surface area contributed by atoms with E-state index in [0.29, 0.717) is 24.8 Å². The second-order valence-corrected chi connectivity index (χ2v) is 9.84. The summed E-state index contributed by atoms with van der Waals surface area (Å²) in [6.07, 6.45) is 2.43. The minimum absolute atomic E-state index is 0.00651. The fourth-order valence-electron chi connectivity index (χ4n) is 2.99. The molecule has 2 aromatic rings. The standard InChI is InChI=1S/C17H22ClN5O4S2/c1-2-7-23-16(25)20-21-17(23)28-11-15(24)19-14-10-12(5-6-13(14)18)29(26,27)22-8-3-4-9-22/h5-6,10H,2-4,7-9,11H2,1H3,(H,19,24)(H,20,25). The van der Waals surface area contributed by atoms with E-state index in [4.69, 9.17) is 11.6 Å². The second-order valence-electron chi connectivity index (χ2n) is 6.55. The van der Waals surface area contributed by atoms with Gasteiger partial charge >= 0.3 is 5.69 Å². The Labute approximate surface area is 177 Å². The summed E-state index contributed by atoms with van der Waals surface area (Å²) in [5.74, 6) is -0.390. The highest BCUT2D eigenvalue weighted by molar-refractivity contribution is 7.99. The molecule has 0 spiro atoms. The molecule has 1 aromatic carbocycles. The Bertz CT molecular complexity index is 1040. The van der Waals surface area contributed by atoms with Gasteiger partial charge in [0.15, 0.2) is 5.16 Å². The molecule has 2 N–H and O–H groups in total. The number of carbonyl (C=O) groups excluding carboxylic acids is 1. The van der Waals surface area contributed by atoms with Crippen LogP contribution in [-0.4, -0.2) is 52.2 Å². The summed E-state index contributed by atoms with van der Waals surface area (Å²) in [7, 11) is -3.61. The first kappa shape index (κ1) is 21.9. The topological polar surface area (TPSA) is 117 Å². The highest BCUT2D eigenvalue weighted by Gasteiger charge is 2.27. The molecule has 1 aliphatic rings. The van der Waals surface area contributed by atoms with Gasteiger partial charge in [-0.05, 0) is 37.5 Å². The number of halogens is 1. The fraction of sp³-hybridized carbons (Fsp3) is 0.471. The summed E-state index contributed by atoms with van der Waals surface area (Å²) in [4.78, 5) is 24.2. The quantitative estimate of drug-likeness (QED) is 0.584. The molecule has 1 fully saturated rings. The van der Waals surface area contributed by atoms with Gasteiger partial charge in [-0.3, -0.25) is 9.36 Å². The van der Waals surface area contributed by atoms with Gasteiger partial charge in [-0.15, -0.1) is 5.10 Å². The number of amides is 1. The van der Waals surface area contributed by atoms with Gasteiger partial charge in [0.1, 0.15) is 0 Å². The van der Waals surface area contributed by atoms with Crippen LogP contribution in [0.15, 0.2) is 33.0 Å². The molecular formula is C17H22ClN5O4S2. The molecule has 1 saturated heterocycles. The van der Waals surface area contributed by atoms with Crippen molar-refractivity contribution in [3.05, 3.63) is 33.7 Å². The van der Waals surface area contributed by atoms with E-state index >= 15 is 0 Å². The lowest BCUT2D eigenvalue weighted by molar-refractivity contribution is -0.113. The number of hydrogen-bond acceptors (Lipinski definition) is 6. The van der Waals surface area contributed by atoms with Crippen molar-refractivity contribution in [2.45, 2.75) is 42.8 Å². The van der Waals surface area contributed by atoms with Crippen LogP contribution >= 0.6 is 23.4 Å². The summed E-state index contributed by atoms with van der Waals surface area (Å²) >= 11 is 7.25. The number of sulfonamides is 1. The molecule has 1 aliphatic heterocycles. The Morgan fingerprint density at radius 2 is 2.07 bits per heavy atom. The summed E-state index contributed by atoms with van der Waals surface area (Å²) in [5.41, 5.74) is -0.0943. The van der Waals surface area contributed by atoms with Crippen LogP contribution in [0.3, 0.4) is 0 Å². The third-order valence-electron chi connectivity index (χ3n) is 4.42. The Hall–Kier alpha value is -1.82. The van der Waals surface area contributed by atoms with Crippen molar-refractivity contribution in [2.75, 3.05) is 24.2 Å². The lowest BCUT2D eigenvalue weighted by Crippen LogP contribution is -2.28. The summed E-state index contributed by atoms with van der Waals surface area (Å²) < 4.78 is 28.3. The van der Waals surface area contributed by atoms with Crippen LogP contribution in [-0.2, 0) is 21.4 Å². The van der Waals surface area contributed by atoms with Crippen molar-refractivity contribution < 1.29 is 13.2 Å². The number of aromatic nitrogens is 3. The molecule has 0 bridgehead atoms. The molecule has 0 aliphatic carbocycles. The number of nitrogens with one attached hydrogen (secondary N) is 2. The molecule has 0 unspecified atom stereocenters. The van der Waals surface area contributed by atoms with Crippen molar-refractivity contribution in [3.63, 3.8) is 0 Å². The zero-order chi connectivity index (χ0) is 21.0. The van der Waals surface area contributed by atoms with Gasteiger partial charge in [-0.25, -0.2) is 18.3 Å². The third-order valence-corrected chi connectivity index (χ3v) is 7.62. The van der Waals surface area contributed by atoms with E-state index in [1.54, 1.807) is 0 Å². The molecule has 0 saturated carbocycles. The maximum Gasteiger partial charge on any atom is 0.343 e. The van der Waals surface area contributed by atoms with Gasteiger partial charge in [0, 0.05) is 19.6 Å². The summed E-state index contributed by atoms with van der Waals surface area (Å²) in [5, 5.41) is 9.59. The van der Waals surface area contributed by atoms with Crippen molar-refractivity contribution >= 4 is 45.0 Å². The Kier molecular flexibility index (Phi) is 7.04. The highest BCUT2D eigenvalue weighted by atomic mass is 35.5. The van der Waals surface area contributed by atoms with E-state index in [1.165, 1.54) is 27.1 Å². The van der Waals surface area contributed by atoms with Crippen molar-refractivity contribution in [1.29, 1.82) is 0 Å². The van der Waals surface area contributed by atoms with Crippen molar-refractivity contribution in [1.82, 2.24) is 19.1 Å². The van der Waals surface area contributed by atoms with E-state index in [-0.39, 0.29) is 33.0 Å². The number of H-pyrrole nitrogens is 1. The summed E-state index contributed by atoms with van der Waals surface area (Å²) in [6, 6.07) is 4.27. The van der Waals surface area contributed by atoms with Crippen LogP contribution in [0.4, 0.5) is 5.69 Å². The van der Waals surface area contributed by atoms with Crippen molar-refractivity contribution in [3.8, 4) is 0 Å². The first-order valence-electron chi connectivity index (χ1n) is 9.20. The molecule has 2 heterocycles. The molecule has 29 heavy (non-hydrogen) atoms. The Morgan fingerprint density at radius 3 is 2.76 bits per heavy atom. The number of benzene rings is 1. The molecule has 1 aromatic heterocycles. The first-order chi connectivity index (χ1) is 13.8. The smallest absolute Gasteiger partial charge is 0.324 e. The van der Waals surface area contributed by atoms with E-state index in [0.717, 1.165) is 31.0 Å². The highest BCUT2D eigenvalue weighted by Crippen LogP contribution is 2.28. The number of rotatable bonds is 8. The largest absolute Gasteiger partial charge is 0.343 e. The van der Waals surface area contributed by atoms with Gasteiger partial charge in [0.25, 0.3) is 0 Å². The Morgan fingerprint density at radius 1 is 1.34 bits per heavy atom. The van der Waals surface area contributed by atoms with Gasteiger partial charge in [-0.1, -0.05) is 30.3 Å². The van der Waals surface area contributed by atoms with Gasteiger partial charge < -0.3 is 5.32 Å². The van der Waals surface area contributed by atoms with Gasteiger partial charge in [0.2, 0.25) is 15.9 Å². The predicted octanol–water partition coefficient (Wildman–Crippen LogP) is 2.15. The fourth-order valence-corrected chi connectivity index (χ4v) is 5.47. The van der Waals surface area contributed by atoms with Gasteiger partial charge in [0.05, 0.1) is 21.4 Å². The number of nitrogens with zero attached hydrogens (tertiary/aromatic N) is 3. The van der Waals surface area contributed by atoms with Crippen LogP contribution < -0.4 is 11.0 Å². The zero-order valence-electron chi connectivity index (χ0n) is 15.9. The second kappa shape index (κ2) is 9.33.